The monoisotopic (exact) mass is 1600 g/mol. The average Bonchev–Trinajstić information content (AvgIpc) is 4.50. The molecule has 0 unspecified atom stereocenters. The zero-order chi connectivity index (χ0) is 60.5. The molecule has 0 aliphatic heterocycles. The first-order valence-corrected chi connectivity index (χ1v) is 40.8. The summed E-state index contributed by atoms with van der Waals surface area (Å²) in [5.41, 5.74) is 11.3. The maximum atomic E-state index is 9.63. The van der Waals surface area contributed by atoms with Crippen molar-refractivity contribution in [2.24, 2.45) is 0 Å². The number of hydrogen-bond acceptors (Lipinski definition) is 13. The van der Waals surface area contributed by atoms with Crippen molar-refractivity contribution in [1.82, 2.24) is 15.0 Å². The van der Waals surface area contributed by atoms with Gasteiger partial charge in [0.25, 0.3) is 0 Å². The van der Waals surface area contributed by atoms with Crippen molar-refractivity contribution in [3.63, 3.8) is 0 Å². The molecule has 0 amide bonds. The number of rotatable bonds is 18. The number of benzene rings is 6. The molecule has 18 heteroatoms. The van der Waals surface area contributed by atoms with Crippen LogP contribution in [0.25, 0.3) is 52.6 Å². The van der Waals surface area contributed by atoms with Crippen molar-refractivity contribution in [1.29, 1.82) is 0 Å². The zero-order valence-electron chi connectivity index (χ0n) is 48.8. The molecule has 9 rings (SSSR count). The van der Waals surface area contributed by atoms with Crippen molar-refractivity contribution in [2.75, 3.05) is 21.3 Å². The number of methoxy groups -OCH3 is 3. The number of phenolic OH excluding ortho intramolecular Hbond substituents is 4. The molecule has 448 valence electrons. The van der Waals surface area contributed by atoms with E-state index in [0.717, 1.165) is 40.6 Å². The first-order valence-electron chi connectivity index (χ1n) is 27.4. The molecule has 3 heterocycles. The van der Waals surface area contributed by atoms with Crippen LogP contribution in [0, 0.1) is 38.2 Å². The molecule has 0 atom stereocenters. The summed E-state index contributed by atoms with van der Waals surface area (Å²) in [5.74, 6) is 1.52. The fourth-order valence-corrected chi connectivity index (χ4v) is 32.9. The van der Waals surface area contributed by atoms with Gasteiger partial charge in [-0.2, -0.15) is 0 Å². The second kappa shape index (κ2) is 33.8. The minimum atomic E-state index is -2.32. The first kappa shape index (κ1) is 70.5. The summed E-state index contributed by atoms with van der Waals surface area (Å²) in [6, 6.07) is 28.6. The molecule has 0 bridgehead atoms. The summed E-state index contributed by atoms with van der Waals surface area (Å²) in [5, 5.41) is 40.9. The Hall–Kier alpha value is -4.22. The predicted molar refractivity (Wildman–Crippen MR) is 377 cm³/mol. The third kappa shape index (κ3) is 18.7. The first-order chi connectivity index (χ1) is 39.7. The summed E-state index contributed by atoms with van der Waals surface area (Å²) in [4.78, 5) is 15.7. The number of phenols is 4. The van der Waals surface area contributed by atoms with Gasteiger partial charge in [0, 0.05) is 51.6 Å². The zero-order valence-corrected chi connectivity index (χ0v) is 61.1. The minimum Gasteiger partial charge on any atom is -0.504 e. The Morgan fingerprint density at radius 3 is 1.36 bits per heavy atom. The smallest absolute Gasteiger partial charge is 0.161 e. The third-order valence-electron chi connectivity index (χ3n) is 14.3. The van der Waals surface area contributed by atoms with Gasteiger partial charge >= 0.3 is 170 Å². The maximum absolute atomic E-state index is 9.63. The number of unbranched alkanes of at least 4 members (excludes halogenated alkanes) is 3. The van der Waals surface area contributed by atoms with Crippen LogP contribution in [-0.4, -0.2) is 75.1 Å². The van der Waals surface area contributed by atoms with Gasteiger partial charge in [-0.25, -0.2) is 9.97 Å². The molecule has 0 aliphatic carbocycles. The minimum absolute atomic E-state index is 0. The SMILES string of the molecule is C.CCC[CH2][Sn]([CH2]CCC)([CH2]CCC)[c]1cnc(-c2ccc(C)c(C)c2)s1.COc1cc(Br)c(-c2cnc(-c3ccc(C)c(C)c3)s2)cc1OC.COc1cc(Br)c(I)cc1C.Oc1ccc(-c2ncc(-c3cc(O)c(O)cc3Br)s2)cc1O. The molecule has 0 saturated carbocycles. The number of halogens is 4. The average molecular weight is 1610 g/mol. The van der Waals surface area contributed by atoms with E-state index in [0.29, 0.717) is 32.1 Å². The number of aryl methyl sites for hydroxylation is 5. The van der Waals surface area contributed by atoms with Gasteiger partial charge in [-0.05, 0) is 169 Å². The number of aromatic nitrogens is 3. The van der Waals surface area contributed by atoms with Gasteiger partial charge in [-0.15, -0.1) is 22.7 Å². The molecule has 0 spiro atoms. The Balaban J connectivity index is 0.000000211. The quantitative estimate of drug-likeness (QED) is 0.0372. The van der Waals surface area contributed by atoms with E-state index in [2.05, 4.69) is 177 Å². The number of ether oxygens (including phenoxy) is 3. The summed E-state index contributed by atoms with van der Waals surface area (Å²) in [6.45, 7) is 17.7. The summed E-state index contributed by atoms with van der Waals surface area (Å²) in [6.07, 6.45) is 14.1. The van der Waals surface area contributed by atoms with Crippen LogP contribution in [0.15, 0.2) is 123 Å². The summed E-state index contributed by atoms with van der Waals surface area (Å²) < 4.78 is 26.1. The van der Waals surface area contributed by atoms with E-state index >= 15 is 0 Å². The van der Waals surface area contributed by atoms with E-state index in [1.807, 2.05) is 42.7 Å². The maximum Gasteiger partial charge on any atom is 0.161 e. The number of hydrogen-bond donors (Lipinski definition) is 4. The van der Waals surface area contributed by atoms with Gasteiger partial charge in [-0.1, -0.05) is 19.6 Å². The standard InChI is InChI=1S/C19H18BrNO2S.C15H10BrNO4S.C11H10NS.C8H8BrIO.3C4H9.CH4.Sn/c1-11-5-6-13(7-12(11)2)19-21-10-18(24-19)14-8-16(22-3)17(23-4)9-15(14)20;16-9-5-13(21)12(20)4-8(9)14-6-17-15(22-14)7-1-2-10(18)11(19)3-7;1-8-3-4-10(7-9(8)2)11-12-5-6-13-11;1-5-3-7(10)6(9)4-8(5)11-2;3*1-3-4-2;;/h5-10H,1-4H3;1-6,18-21H;3-5,7H,1-2H3;3-4H,1-2H3;3*1,3-4H2,2H3;1H4;. The van der Waals surface area contributed by atoms with Crippen molar-refractivity contribution >= 4 is 126 Å². The van der Waals surface area contributed by atoms with Crippen LogP contribution in [0.1, 0.15) is 94.5 Å². The van der Waals surface area contributed by atoms with Gasteiger partial charge in [0.05, 0.1) is 31.1 Å². The van der Waals surface area contributed by atoms with Crippen molar-refractivity contribution in [3.05, 3.63) is 154 Å². The molecule has 9 aromatic rings. The van der Waals surface area contributed by atoms with Crippen LogP contribution >= 0.6 is 104 Å². The van der Waals surface area contributed by atoms with Crippen LogP contribution < -0.4 is 17.1 Å². The van der Waals surface area contributed by atoms with Crippen molar-refractivity contribution < 1.29 is 34.6 Å². The Morgan fingerprint density at radius 2 is 0.869 bits per heavy atom. The largest absolute Gasteiger partial charge is 0.504 e. The molecule has 0 radical (unpaired) electrons. The van der Waals surface area contributed by atoms with E-state index in [9.17, 15) is 20.4 Å². The van der Waals surface area contributed by atoms with Crippen LogP contribution in [0.4, 0.5) is 0 Å². The van der Waals surface area contributed by atoms with E-state index in [1.54, 1.807) is 47.8 Å². The molecule has 6 aromatic carbocycles. The van der Waals surface area contributed by atoms with Crippen LogP contribution in [0.2, 0.25) is 13.3 Å². The van der Waals surface area contributed by atoms with E-state index in [1.165, 1.54) is 129 Å². The van der Waals surface area contributed by atoms with Crippen LogP contribution in [0.5, 0.6) is 40.2 Å². The molecular weight excluding hydrogens is 1530 g/mol. The van der Waals surface area contributed by atoms with Gasteiger partial charge in [0.1, 0.15) is 15.8 Å². The fraction of sp³-hybridized carbons (Fsp3) is 0.318. The molecule has 0 aliphatic rings. The molecule has 0 saturated heterocycles. The topological polar surface area (TPSA) is 147 Å². The van der Waals surface area contributed by atoms with E-state index in [-0.39, 0.29) is 30.4 Å². The van der Waals surface area contributed by atoms with Crippen molar-refractivity contribution in [3.8, 4) is 92.8 Å². The Kier molecular flexibility index (Phi) is 28.4. The van der Waals surface area contributed by atoms with Gasteiger partial charge in [0.15, 0.2) is 34.5 Å². The van der Waals surface area contributed by atoms with Crippen molar-refractivity contribution in [2.45, 2.75) is 115 Å². The fourth-order valence-electron chi connectivity index (χ4n) is 9.04. The number of nitrogens with zero attached hydrogens (tertiary/aromatic N) is 3. The molecule has 0 fully saturated rings. The number of aromatic hydroxyl groups is 4. The molecule has 10 nitrogen and oxygen atoms in total. The third-order valence-corrected chi connectivity index (χ3v) is 39.3. The molecular formula is C66H77Br3IN3O7S3Sn. The van der Waals surface area contributed by atoms with E-state index in [4.69, 9.17) is 19.2 Å². The molecule has 3 aromatic heterocycles. The van der Waals surface area contributed by atoms with Crippen LogP contribution in [0.3, 0.4) is 0 Å². The Bertz CT molecular complexity index is 3590. The predicted octanol–water partition coefficient (Wildman–Crippen LogP) is 21.4. The summed E-state index contributed by atoms with van der Waals surface area (Å²) >= 11 is 15.4. The van der Waals surface area contributed by atoms with E-state index < -0.39 is 18.4 Å². The van der Waals surface area contributed by atoms with Crippen LogP contribution in [-0.2, 0) is 0 Å². The molecule has 4 N–H and O–H groups in total. The number of thiazole rings is 3. The van der Waals surface area contributed by atoms with Gasteiger partial charge in [-0.3, -0.25) is 0 Å². The summed E-state index contributed by atoms with van der Waals surface area (Å²) in [7, 11) is 4.96. The Labute approximate surface area is 552 Å². The second-order valence-corrected chi connectivity index (χ2v) is 41.2. The van der Waals surface area contributed by atoms with Gasteiger partial charge < -0.3 is 34.6 Å². The second-order valence-electron chi connectivity index (χ2n) is 20.2. The Morgan fingerprint density at radius 1 is 0.452 bits per heavy atom. The van der Waals surface area contributed by atoms with Gasteiger partial charge in [0.2, 0.25) is 0 Å². The molecule has 84 heavy (non-hydrogen) atoms. The normalized spacial score (nSPS) is 10.8.